The molecule has 0 heterocycles. The zero-order valence-electron chi connectivity index (χ0n) is 13.0. The van der Waals surface area contributed by atoms with Crippen LogP contribution in [0.4, 0.5) is 0 Å². The molecule has 0 aliphatic carbocycles. The molecule has 0 saturated carbocycles. The normalized spacial score (nSPS) is 15.2. The standard InChI is InChI=1S/C16H25NO4/c1-4-20-12-13(2)21-11-10-16(17,15(18)19-3)14-8-6-5-7-9-14/h5-9,13H,4,10-12,17H2,1-3H3. The van der Waals surface area contributed by atoms with Gasteiger partial charge in [0, 0.05) is 19.6 Å². The number of rotatable bonds is 9. The van der Waals surface area contributed by atoms with Gasteiger partial charge in [-0.05, 0) is 19.4 Å². The maximum Gasteiger partial charge on any atom is 0.330 e. The SMILES string of the molecule is CCOCC(C)OCCC(N)(C(=O)OC)c1ccccc1. The van der Waals surface area contributed by atoms with Gasteiger partial charge in [-0.3, -0.25) is 0 Å². The molecule has 1 aromatic carbocycles. The van der Waals surface area contributed by atoms with E-state index in [1.165, 1.54) is 7.11 Å². The van der Waals surface area contributed by atoms with Crippen LogP contribution in [-0.2, 0) is 24.5 Å². The lowest BCUT2D eigenvalue weighted by Gasteiger charge is -2.27. The third-order valence-corrected chi connectivity index (χ3v) is 3.29. The van der Waals surface area contributed by atoms with Crippen LogP contribution in [-0.4, -0.2) is 39.0 Å². The Bertz CT molecular complexity index is 424. The molecule has 0 radical (unpaired) electrons. The summed E-state index contributed by atoms with van der Waals surface area (Å²) in [7, 11) is 1.34. The first-order chi connectivity index (χ1) is 10.0. The molecule has 1 rings (SSSR count). The highest BCUT2D eigenvalue weighted by molar-refractivity contribution is 5.82. The Morgan fingerprint density at radius 1 is 1.33 bits per heavy atom. The van der Waals surface area contributed by atoms with Crippen molar-refractivity contribution >= 4 is 5.97 Å². The Kier molecular flexibility index (Phi) is 7.36. The number of esters is 1. The van der Waals surface area contributed by atoms with Crippen LogP contribution in [0.3, 0.4) is 0 Å². The number of carbonyl (C=O) groups is 1. The van der Waals surface area contributed by atoms with Gasteiger partial charge in [0.15, 0.2) is 0 Å². The van der Waals surface area contributed by atoms with Crippen LogP contribution < -0.4 is 5.73 Å². The monoisotopic (exact) mass is 295 g/mol. The van der Waals surface area contributed by atoms with E-state index in [2.05, 4.69) is 0 Å². The molecular formula is C16H25NO4. The van der Waals surface area contributed by atoms with Gasteiger partial charge in [0.1, 0.15) is 5.54 Å². The van der Waals surface area contributed by atoms with E-state index in [9.17, 15) is 4.79 Å². The van der Waals surface area contributed by atoms with Crippen molar-refractivity contribution in [2.45, 2.75) is 31.9 Å². The molecule has 118 valence electrons. The fourth-order valence-corrected chi connectivity index (χ4v) is 2.03. The van der Waals surface area contributed by atoms with Crippen LogP contribution in [0, 0.1) is 0 Å². The van der Waals surface area contributed by atoms with Crippen LogP contribution in [0.25, 0.3) is 0 Å². The molecule has 0 saturated heterocycles. The fourth-order valence-electron chi connectivity index (χ4n) is 2.03. The second-order valence-corrected chi connectivity index (χ2v) is 4.92. The van der Waals surface area contributed by atoms with Crippen molar-refractivity contribution in [2.75, 3.05) is 26.9 Å². The number of carbonyl (C=O) groups excluding carboxylic acids is 1. The smallest absolute Gasteiger partial charge is 0.330 e. The van der Waals surface area contributed by atoms with Gasteiger partial charge in [-0.2, -0.15) is 0 Å². The zero-order valence-corrected chi connectivity index (χ0v) is 13.0. The fraction of sp³-hybridized carbons (Fsp3) is 0.562. The molecule has 5 nitrogen and oxygen atoms in total. The molecule has 0 fully saturated rings. The third-order valence-electron chi connectivity index (χ3n) is 3.29. The molecule has 0 amide bonds. The Balaban J connectivity index is 2.66. The largest absolute Gasteiger partial charge is 0.467 e. The third kappa shape index (κ3) is 5.12. The minimum Gasteiger partial charge on any atom is -0.467 e. The van der Waals surface area contributed by atoms with Crippen molar-refractivity contribution in [1.82, 2.24) is 0 Å². The maximum absolute atomic E-state index is 12.1. The number of methoxy groups -OCH3 is 1. The average molecular weight is 295 g/mol. The number of nitrogens with two attached hydrogens (primary N) is 1. The van der Waals surface area contributed by atoms with E-state index >= 15 is 0 Å². The molecule has 0 aliphatic heterocycles. The quantitative estimate of drug-likeness (QED) is 0.704. The Morgan fingerprint density at radius 2 is 2.00 bits per heavy atom. The van der Waals surface area contributed by atoms with Gasteiger partial charge >= 0.3 is 5.97 Å². The van der Waals surface area contributed by atoms with Gasteiger partial charge in [0.2, 0.25) is 0 Å². The molecule has 5 heteroatoms. The molecule has 1 aromatic rings. The van der Waals surface area contributed by atoms with Crippen LogP contribution in [0.15, 0.2) is 30.3 Å². The summed E-state index contributed by atoms with van der Waals surface area (Å²) in [6, 6.07) is 9.21. The average Bonchev–Trinajstić information content (AvgIpc) is 2.52. The van der Waals surface area contributed by atoms with Crippen LogP contribution in [0.5, 0.6) is 0 Å². The predicted octanol–water partition coefficient (Wildman–Crippen LogP) is 1.85. The van der Waals surface area contributed by atoms with E-state index in [-0.39, 0.29) is 6.10 Å². The van der Waals surface area contributed by atoms with E-state index in [1.807, 2.05) is 44.2 Å². The maximum atomic E-state index is 12.1. The second kappa shape index (κ2) is 8.77. The highest BCUT2D eigenvalue weighted by Gasteiger charge is 2.36. The van der Waals surface area contributed by atoms with Gasteiger partial charge in [-0.25, -0.2) is 4.79 Å². The van der Waals surface area contributed by atoms with Crippen molar-refractivity contribution in [3.8, 4) is 0 Å². The van der Waals surface area contributed by atoms with Crippen molar-refractivity contribution in [1.29, 1.82) is 0 Å². The second-order valence-electron chi connectivity index (χ2n) is 4.92. The minimum atomic E-state index is -1.19. The Hall–Kier alpha value is -1.43. The van der Waals surface area contributed by atoms with Crippen molar-refractivity contribution < 1.29 is 19.0 Å². The predicted molar refractivity (Wildman–Crippen MR) is 80.8 cm³/mol. The molecular weight excluding hydrogens is 270 g/mol. The van der Waals surface area contributed by atoms with Crippen molar-refractivity contribution in [2.24, 2.45) is 5.73 Å². The van der Waals surface area contributed by atoms with Gasteiger partial charge in [-0.1, -0.05) is 30.3 Å². The number of hydrogen-bond donors (Lipinski definition) is 1. The summed E-state index contributed by atoms with van der Waals surface area (Å²) in [6.45, 7) is 5.39. The molecule has 21 heavy (non-hydrogen) atoms. The molecule has 2 unspecified atom stereocenters. The topological polar surface area (TPSA) is 70.8 Å². The number of benzene rings is 1. The lowest BCUT2D eigenvalue weighted by molar-refractivity contribution is -0.148. The van der Waals surface area contributed by atoms with E-state index in [0.29, 0.717) is 26.2 Å². The summed E-state index contributed by atoms with van der Waals surface area (Å²) in [6.07, 6.45) is 0.308. The van der Waals surface area contributed by atoms with Crippen molar-refractivity contribution in [3.05, 3.63) is 35.9 Å². The van der Waals surface area contributed by atoms with Gasteiger partial charge in [0.05, 0.1) is 19.8 Å². The number of hydrogen-bond acceptors (Lipinski definition) is 5. The first-order valence-electron chi connectivity index (χ1n) is 7.16. The van der Waals surface area contributed by atoms with Gasteiger partial charge in [-0.15, -0.1) is 0 Å². The summed E-state index contributed by atoms with van der Waals surface area (Å²) < 4.78 is 15.8. The Labute approximate surface area is 126 Å². The first-order valence-corrected chi connectivity index (χ1v) is 7.16. The highest BCUT2D eigenvalue weighted by Crippen LogP contribution is 2.24. The summed E-state index contributed by atoms with van der Waals surface area (Å²) in [5.41, 5.74) is 5.80. The van der Waals surface area contributed by atoms with Gasteiger partial charge in [0.25, 0.3) is 0 Å². The van der Waals surface area contributed by atoms with E-state index in [4.69, 9.17) is 19.9 Å². The molecule has 2 N–H and O–H groups in total. The molecule has 0 spiro atoms. The summed E-state index contributed by atoms with van der Waals surface area (Å²) in [5.74, 6) is -0.463. The molecule has 2 atom stereocenters. The lowest BCUT2D eigenvalue weighted by atomic mass is 9.88. The first kappa shape index (κ1) is 17.6. The summed E-state index contributed by atoms with van der Waals surface area (Å²) >= 11 is 0. The summed E-state index contributed by atoms with van der Waals surface area (Å²) in [4.78, 5) is 12.1. The molecule has 0 bridgehead atoms. The van der Waals surface area contributed by atoms with E-state index in [1.54, 1.807) is 0 Å². The molecule has 0 aromatic heterocycles. The lowest BCUT2D eigenvalue weighted by Crippen LogP contribution is -2.46. The Morgan fingerprint density at radius 3 is 2.57 bits per heavy atom. The molecule has 0 aliphatic rings. The number of ether oxygens (including phenoxy) is 3. The van der Waals surface area contributed by atoms with E-state index < -0.39 is 11.5 Å². The summed E-state index contributed by atoms with van der Waals surface area (Å²) in [5, 5.41) is 0. The van der Waals surface area contributed by atoms with Crippen molar-refractivity contribution in [3.63, 3.8) is 0 Å². The minimum absolute atomic E-state index is 0.0392. The van der Waals surface area contributed by atoms with Crippen LogP contribution >= 0.6 is 0 Å². The van der Waals surface area contributed by atoms with Gasteiger partial charge < -0.3 is 19.9 Å². The van der Waals surface area contributed by atoms with Crippen LogP contribution in [0.2, 0.25) is 0 Å². The zero-order chi connectivity index (χ0) is 15.7. The highest BCUT2D eigenvalue weighted by atomic mass is 16.5. The van der Waals surface area contributed by atoms with E-state index in [0.717, 1.165) is 5.56 Å². The van der Waals surface area contributed by atoms with Crippen LogP contribution in [0.1, 0.15) is 25.8 Å².